The minimum atomic E-state index is -0.143. The Morgan fingerprint density at radius 3 is 2.15 bits per heavy atom. The van der Waals surface area contributed by atoms with Crippen molar-refractivity contribution in [2.24, 2.45) is 5.41 Å². The molecule has 0 spiro atoms. The van der Waals surface area contributed by atoms with Crippen molar-refractivity contribution in [2.75, 3.05) is 0 Å². The molecule has 2 heteroatoms. The maximum atomic E-state index is 6.17. The molecule has 1 saturated carbocycles. The van der Waals surface area contributed by atoms with Crippen molar-refractivity contribution < 1.29 is 4.74 Å². The van der Waals surface area contributed by atoms with Crippen molar-refractivity contribution in [1.82, 2.24) is 0 Å². The molecule has 0 aromatic rings. The van der Waals surface area contributed by atoms with Gasteiger partial charge in [-0.15, -0.1) is 0 Å². The number of halogens is 1. The molecule has 13 heavy (non-hydrogen) atoms. The summed E-state index contributed by atoms with van der Waals surface area (Å²) in [5, 5.41) is 0. The van der Waals surface area contributed by atoms with Crippen LogP contribution in [0.5, 0.6) is 0 Å². The lowest BCUT2D eigenvalue weighted by atomic mass is 9.95. The van der Waals surface area contributed by atoms with Crippen molar-refractivity contribution in [2.45, 2.75) is 64.5 Å². The Kier molecular flexibility index (Phi) is 4.06. The molecule has 0 radical (unpaired) electrons. The molecular formula is C11H21ClO. The zero-order chi connectivity index (χ0) is 9.90. The predicted molar refractivity (Wildman–Crippen MR) is 57.1 cm³/mol. The molecule has 0 saturated heterocycles. The van der Waals surface area contributed by atoms with Gasteiger partial charge in [-0.1, -0.05) is 51.6 Å². The van der Waals surface area contributed by atoms with E-state index in [-0.39, 0.29) is 11.0 Å². The molecule has 0 N–H and O–H groups in total. The molecular weight excluding hydrogens is 184 g/mol. The quantitative estimate of drug-likeness (QED) is 0.619. The lowest BCUT2D eigenvalue weighted by molar-refractivity contribution is -0.0348. The molecule has 1 unspecified atom stereocenters. The van der Waals surface area contributed by atoms with Crippen molar-refractivity contribution in [3.8, 4) is 0 Å². The lowest BCUT2D eigenvalue weighted by Gasteiger charge is -2.31. The first-order valence-corrected chi connectivity index (χ1v) is 5.73. The molecule has 0 bridgehead atoms. The maximum absolute atomic E-state index is 6.17. The van der Waals surface area contributed by atoms with Crippen LogP contribution in [0, 0.1) is 5.41 Å². The van der Waals surface area contributed by atoms with Gasteiger partial charge in [0, 0.05) is 5.41 Å². The number of ether oxygens (including phenoxy) is 1. The predicted octanol–water partition coefficient (Wildman–Crippen LogP) is 3.95. The van der Waals surface area contributed by atoms with E-state index in [2.05, 4.69) is 20.8 Å². The summed E-state index contributed by atoms with van der Waals surface area (Å²) in [5.74, 6) is 0. The molecule has 0 heterocycles. The van der Waals surface area contributed by atoms with E-state index in [9.17, 15) is 0 Å². The van der Waals surface area contributed by atoms with Gasteiger partial charge in [0.25, 0.3) is 0 Å². The summed E-state index contributed by atoms with van der Waals surface area (Å²) in [5.41, 5.74) is -0.0884. The zero-order valence-electron chi connectivity index (χ0n) is 8.98. The third kappa shape index (κ3) is 3.86. The maximum Gasteiger partial charge on any atom is 0.136 e. The first-order valence-electron chi connectivity index (χ1n) is 5.29. The van der Waals surface area contributed by atoms with Gasteiger partial charge in [0.05, 0.1) is 6.10 Å². The van der Waals surface area contributed by atoms with E-state index in [1.165, 1.54) is 32.1 Å². The third-order valence-corrected chi connectivity index (χ3v) is 3.30. The Balaban J connectivity index is 2.30. The van der Waals surface area contributed by atoms with Gasteiger partial charge < -0.3 is 4.74 Å². The zero-order valence-corrected chi connectivity index (χ0v) is 9.73. The Morgan fingerprint density at radius 1 is 1.15 bits per heavy atom. The summed E-state index contributed by atoms with van der Waals surface area (Å²) < 4.78 is 5.82. The summed E-state index contributed by atoms with van der Waals surface area (Å²) in [6.45, 7) is 6.36. The molecule has 0 aromatic carbocycles. The van der Waals surface area contributed by atoms with Crippen LogP contribution >= 0.6 is 11.6 Å². The SMILES string of the molecule is CC(C)(C)C(Cl)OC1CCCCC1. The van der Waals surface area contributed by atoms with E-state index < -0.39 is 0 Å². The fourth-order valence-electron chi connectivity index (χ4n) is 1.57. The van der Waals surface area contributed by atoms with Crippen LogP contribution in [0.1, 0.15) is 52.9 Å². The van der Waals surface area contributed by atoms with Crippen LogP contribution in [-0.4, -0.2) is 11.7 Å². The fourth-order valence-corrected chi connectivity index (χ4v) is 1.72. The molecule has 0 aromatic heterocycles. The lowest BCUT2D eigenvalue weighted by Crippen LogP contribution is -2.29. The highest BCUT2D eigenvalue weighted by Crippen LogP contribution is 2.30. The number of hydrogen-bond donors (Lipinski definition) is 0. The van der Waals surface area contributed by atoms with Crippen LogP contribution in [0.15, 0.2) is 0 Å². The van der Waals surface area contributed by atoms with Crippen molar-refractivity contribution in [3.63, 3.8) is 0 Å². The molecule has 1 nitrogen and oxygen atoms in total. The van der Waals surface area contributed by atoms with Gasteiger partial charge in [-0.3, -0.25) is 0 Å². The molecule has 1 atom stereocenters. The Hall–Kier alpha value is 0.250. The minimum absolute atomic E-state index is 0.0546. The Labute approximate surface area is 86.8 Å². The Morgan fingerprint density at radius 2 is 1.69 bits per heavy atom. The molecule has 1 rings (SSSR count). The van der Waals surface area contributed by atoms with Crippen LogP contribution in [0.2, 0.25) is 0 Å². The normalized spacial score (nSPS) is 23.1. The van der Waals surface area contributed by atoms with Crippen LogP contribution in [-0.2, 0) is 4.74 Å². The molecule has 1 aliphatic carbocycles. The fraction of sp³-hybridized carbons (Fsp3) is 1.00. The third-order valence-electron chi connectivity index (χ3n) is 2.55. The molecule has 0 amide bonds. The standard InChI is InChI=1S/C11H21ClO/c1-11(2,3)10(12)13-9-7-5-4-6-8-9/h9-10H,4-8H2,1-3H3. The second-order valence-corrected chi connectivity index (χ2v) is 5.47. The average molecular weight is 205 g/mol. The van der Waals surface area contributed by atoms with Gasteiger partial charge in [-0.05, 0) is 12.8 Å². The van der Waals surface area contributed by atoms with Gasteiger partial charge >= 0.3 is 0 Å². The molecule has 1 aliphatic rings. The van der Waals surface area contributed by atoms with E-state index in [1.54, 1.807) is 0 Å². The highest BCUT2D eigenvalue weighted by molar-refractivity contribution is 6.20. The largest absolute Gasteiger partial charge is 0.359 e. The van der Waals surface area contributed by atoms with Gasteiger partial charge in [-0.2, -0.15) is 0 Å². The smallest absolute Gasteiger partial charge is 0.136 e. The second-order valence-electron chi connectivity index (χ2n) is 5.08. The monoisotopic (exact) mass is 204 g/mol. The van der Waals surface area contributed by atoms with E-state index in [0.717, 1.165) is 0 Å². The summed E-state index contributed by atoms with van der Waals surface area (Å²) in [7, 11) is 0. The van der Waals surface area contributed by atoms with Crippen LogP contribution < -0.4 is 0 Å². The van der Waals surface area contributed by atoms with Gasteiger partial charge in [0.15, 0.2) is 0 Å². The first-order chi connectivity index (χ1) is 6.00. The van der Waals surface area contributed by atoms with Gasteiger partial charge in [0.2, 0.25) is 0 Å². The average Bonchev–Trinajstić information content (AvgIpc) is 2.04. The number of hydrogen-bond acceptors (Lipinski definition) is 1. The van der Waals surface area contributed by atoms with Crippen LogP contribution in [0.3, 0.4) is 0 Å². The minimum Gasteiger partial charge on any atom is -0.359 e. The number of rotatable bonds is 2. The molecule has 0 aliphatic heterocycles. The van der Waals surface area contributed by atoms with E-state index in [0.29, 0.717) is 6.10 Å². The van der Waals surface area contributed by atoms with E-state index >= 15 is 0 Å². The highest BCUT2D eigenvalue weighted by Gasteiger charge is 2.26. The van der Waals surface area contributed by atoms with Crippen LogP contribution in [0.4, 0.5) is 0 Å². The van der Waals surface area contributed by atoms with Crippen molar-refractivity contribution >= 4 is 11.6 Å². The first kappa shape index (κ1) is 11.3. The summed E-state index contributed by atoms with van der Waals surface area (Å²) in [6, 6.07) is 0. The summed E-state index contributed by atoms with van der Waals surface area (Å²) in [4.78, 5) is 0. The number of alkyl halides is 1. The summed E-state index contributed by atoms with van der Waals surface area (Å²) in [6.07, 6.45) is 6.77. The topological polar surface area (TPSA) is 9.23 Å². The van der Waals surface area contributed by atoms with Crippen LogP contribution in [0.25, 0.3) is 0 Å². The van der Waals surface area contributed by atoms with Gasteiger partial charge in [0.1, 0.15) is 5.56 Å². The van der Waals surface area contributed by atoms with Gasteiger partial charge in [-0.25, -0.2) is 0 Å². The molecule has 78 valence electrons. The van der Waals surface area contributed by atoms with Crippen molar-refractivity contribution in [1.29, 1.82) is 0 Å². The Bertz CT molecular complexity index is 145. The molecule has 1 fully saturated rings. The van der Waals surface area contributed by atoms with Crippen molar-refractivity contribution in [3.05, 3.63) is 0 Å². The highest BCUT2D eigenvalue weighted by atomic mass is 35.5. The second kappa shape index (κ2) is 4.65. The van der Waals surface area contributed by atoms with E-state index in [4.69, 9.17) is 16.3 Å². The summed E-state index contributed by atoms with van der Waals surface area (Å²) >= 11 is 6.17. The van der Waals surface area contributed by atoms with E-state index in [1.807, 2.05) is 0 Å².